The Morgan fingerprint density at radius 1 is 1.50 bits per heavy atom. The number of carbonyl (C=O) groups is 1. The number of anilines is 1. The Hall–Kier alpha value is -1.88. The van der Waals surface area contributed by atoms with Gasteiger partial charge in [0.1, 0.15) is 5.82 Å². The Kier molecular flexibility index (Phi) is 4.39. The van der Waals surface area contributed by atoms with Crippen LogP contribution in [0.25, 0.3) is 0 Å². The molecule has 1 unspecified atom stereocenters. The van der Waals surface area contributed by atoms with Gasteiger partial charge in [-0.25, -0.2) is 4.39 Å². The highest BCUT2D eigenvalue weighted by Crippen LogP contribution is 2.23. The van der Waals surface area contributed by atoms with Gasteiger partial charge in [0.05, 0.1) is 11.6 Å². The maximum Gasteiger partial charge on any atom is 0.254 e. The van der Waals surface area contributed by atoms with E-state index < -0.39 is 11.7 Å². The Balaban J connectivity index is 2.24. The minimum Gasteiger partial charge on any atom is -0.399 e. The molecule has 0 spiro atoms. The fourth-order valence-electron chi connectivity index (χ4n) is 2.06. The van der Waals surface area contributed by atoms with Crippen molar-refractivity contribution in [2.24, 2.45) is 0 Å². The third kappa shape index (κ3) is 2.99. The second-order valence-corrected chi connectivity index (χ2v) is 5.63. The molecule has 0 aliphatic heterocycles. The summed E-state index contributed by atoms with van der Waals surface area (Å²) in [7, 11) is 0. The molecule has 1 aromatic heterocycles. The van der Waals surface area contributed by atoms with Crippen LogP contribution in [0.4, 0.5) is 10.1 Å². The fraction of sp³-hybridized carbons (Fsp3) is 0.267. The van der Waals surface area contributed by atoms with Crippen molar-refractivity contribution in [2.75, 3.05) is 5.73 Å². The summed E-state index contributed by atoms with van der Waals surface area (Å²) in [6, 6.07) is 6.67. The molecule has 1 amide bonds. The third-order valence-electron chi connectivity index (χ3n) is 3.12. The first-order valence-electron chi connectivity index (χ1n) is 6.42. The van der Waals surface area contributed by atoms with Crippen LogP contribution in [0.2, 0.25) is 0 Å². The highest BCUT2D eigenvalue weighted by atomic mass is 32.1. The van der Waals surface area contributed by atoms with Gasteiger partial charge in [-0.05, 0) is 42.5 Å². The van der Waals surface area contributed by atoms with Crippen LogP contribution in [0, 0.1) is 12.7 Å². The summed E-state index contributed by atoms with van der Waals surface area (Å²) in [5.41, 5.74) is 6.44. The molecule has 20 heavy (non-hydrogen) atoms. The van der Waals surface area contributed by atoms with Gasteiger partial charge in [0.25, 0.3) is 5.91 Å². The second-order valence-electron chi connectivity index (χ2n) is 4.65. The van der Waals surface area contributed by atoms with E-state index in [4.69, 9.17) is 5.73 Å². The molecular formula is C15H17FN2OS. The van der Waals surface area contributed by atoms with E-state index in [0.29, 0.717) is 11.3 Å². The van der Waals surface area contributed by atoms with Crippen molar-refractivity contribution in [3.05, 3.63) is 51.5 Å². The molecule has 1 atom stereocenters. The minimum absolute atomic E-state index is 0.00231. The van der Waals surface area contributed by atoms with Crippen molar-refractivity contribution in [1.82, 2.24) is 5.32 Å². The molecule has 0 radical (unpaired) electrons. The first-order chi connectivity index (χ1) is 9.52. The normalized spacial score (nSPS) is 12.2. The molecule has 3 nitrogen and oxygen atoms in total. The van der Waals surface area contributed by atoms with E-state index in [-0.39, 0.29) is 11.6 Å². The average Bonchev–Trinajstić information content (AvgIpc) is 2.93. The first kappa shape index (κ1) is 14.5. The molecule has 3 N–H and O–H groups in total. The van der Waals surface area contributed by atoms with Crippen molar-refractivity contribution in [1.29, 1.82) is 0 Å². The Morgan fingerprint density at radius 3 is 2.85 bits per heavy atom. The Morgan fingerprint density at radius 2 is 2.25 bits per heavy atom. The quantitative estimate of drug-likeness (QED) is 0.845. The van der Waals surface area contributed by atoms with Crippen molar-refractivity contribution in [2.45, 2.75) is 26.3 Å². The van der Waals surface area contributed by atoms with Gasteiger partial charge in [0, 0.05) is 10.6 Å². The van der Waals surface area contributed by atoms with E-state index in [0.717, 1.165) is 11.3 Å². The predicted molar refractivity (Wildman–Crippen MR) is 80.4 cm³/mol. The highest BCUT2D eigenvalue weighted by molar-refractivity contribution is 7.10. The molecule has 0 aliphatic carbocycles. The number of nitrogens with two attached hydrogens (primary N) is 1. The monoisotopic (exact) mass is 292 g/mol. The third-order valence-corrected chi connectivity index (χ3v) is 4.11. The number of nitrogen functional groups attached to an aromatic ring is 1. The zero-order chi connectivity index (χ0) is 14.7. The van der Waals surface area contributed by atoms with Crippen LogP contribution in [0.1, 0.15) is 40.2 Å². The van der Waals surface area contributed by atoms with Gasteiger partial charge in [-0.3, -0.25) is 4.79 Å². The SMILES string of the molecule is CCC(NC(=O)c1cc(N)cc(C)c1F)c1cccs1. The number of carbonyl (C=O) groups excluding carboxylic acids is 1. The summed E-state index contributed by atoms with van der Waals surface area (Å²) in [5, 5.41) is 4.81. The molecule has 0 aliphatic rings. The minimum atomic E-state index is -0.516. The lowest BCUT2D eigenvalue weighted by Gasteiger charge is -2.16. The first-order valence-corrected chi connectivity index (χ1v) is 7.30. The molecule has 106 valence electrons. The average molecular weight is 292 g/mol. The lowest BCUT2D eigenvalue weighted by Crippen LogP contribution is -2.28. The Labute approximate surface area is 121 Å². The molecule has 1 heterocycles. The number of thiophene rings is 1. The molecule has 1 aromatic carbocycles. The van der Waals surface area contributed by atoms with E-state index in [1.807, 2.05) is 24.4 Å². The number of aryl methyl sites for hydroxylation is 1. The van der Waals surface area contributed by atoms with E-state index in [2.05, 4.69) is 5.32 Å². The lowest BCUT2D eigenvalue weighted by molar-refractivity contribution is 0.0932. The van der Waals surface area contributed by atoms with Gasteiger partial charge in [0.2, 0.25) is 0 Å². The molecule has 0 saturated carbocycles. The van der Waals surface area contributed by atoms with Crippen LogP contribution < -0.4 is 11.1 Å². The predicted octanol–water partition coefficient (Wildman–Crippen LogP) is 3.66. The summed E-state index contributed by atoms with van der Waals surface area (Å²) >= 11 is 1.57. The molecule has 0 fully saturated rings. The van der Waals surface area contributed by atoms with Crippen LogP contribution in [0.5, 0.6) is 0 Å². The van der Waals surface area contributed by atoms with Crippen LogP contribution in [-0.4, -0.2) is 5.91 Å². The van der Waals surface area contributed by atoms with E-state index in [1.54, 1.807) is 18.3 Å². The number of nitrogens with one attached hydrogen (secondary N) is 1. The van der Waals surface area contributed by atoms with Crippen LogP contribution >= 0.6 is 11.3 Å². The summed E-state index contributed by atoms with van der Waals surface area (Å²) < 4.78 is 14.0. The summed E-state index contributed by atoms with van der Waals surface area (Å²) in [6.45, 7) is 3.57. The van der Waals surface area contributed by atoms with Crippen molar-refractivity contribution in [3.8, 4) is 0 Å². The Bertz CT molecular complexity index is 611. The number of hydrogen-bond donors (Lipinski definition) is 2. The van der Waals surface area contributed by atoms with Gasteiger partial charge < -0.3 is 11.1 Å². The smallest absolute Gasteiger partial charge is 0.254 e. The highest BCUT2D eigenvalue weighted by Gasteiger charge is 2.19. The molecule has 2 aromatic rings. The summed E-state index contributed by atoms with van der Waals surface area (Å²) in [4.78, 5) is 13.3. The molecule has 2 rings (SSSR count). The maximum absolute atomic E-state index is 14.0. The van der Waals surface area contributed by atoms with E-state index >= 15 is 0 Å². The largest absolute Gasteiger partial charge is 0.399 e. The maximum atomic E-state index is 14.0. The van der Waals surface area contributed by atoms with Gasteiger partial charge in [0.15, 0.2) is 0 Å². The van der Waals surface area contributed by atoms with Gasteiger partial charge in [-0.2, -0.15) is 0 Å². The zero-order valence-corrected chi connectivity index (χ0v) is 12.3. The molecular weight excluding hydrogens is 275 g/mol. The fourth-order valence-corrected chi connectivity index (χ4v) is 2.92. The zero-order valence-electron chi connectivity index (χ0n) is 11.4. The standard InChI is InChI=1S/C15H17FN2OS/c1-3-12(13-5-4-6-20-13)18-15(19)11-8-10(17)7-9(2)14(11)16/h4-8,12H,3,17H2,1-2H3,(H,18,19). The number of amides is 1. The van der Waals surface area contributed by atoms with Gasteiger partial charge in [-0.15, -0.1) is 11.3 Å². The number of hydrogen-bond acceptors (Lipinski definition) is 3. The molecule has 0 saturated heterocycles. The van der Waals surface area contributed by atoms with Crippen molar-refractivity contribution in [3.63, 3.8) is 0 Å². The van der Waals surface area contributed by atoms with Crippen molar-refractivity contribution >= 4 is 22.9 Å². The number of benzene rings is 1. The lowest BCUT2D eigenvalue weighted by atomic mass is 10.1. The number of rotatable bonds is 4. The van der Waals surface area contributed by atoms with E-state index in [9.17, 15) is 9.18 Å². The van der Waals surface area contributed by atoms with Crippen LogP contribution in [0.3, 0.4) is 0 Å². The molecule has 0 bridgehead atoms. The van der Waals surface area contributed by atoms with Crippen LogP contribution in [-0.2, 0) is 0 Å². The molecule has 5 heteroatoms. The van der Waals surface area contributed by atoms with Gasteiger partial charge >= 0.3 is 0 Å². The topological polar surface area (TPSA) is 55.1 Å². The van der Waals surface area contributed by atoms with E-state index in [1.165, 1.54) is 12.1 Å². The number of halogens is 1. The van der Waals surface area contributed by atoms with Crippen LogP contribution in [0.15, 0.2) is 29.6 Å². The van der Waals surface area contributed by atoms with Crippen molar-refractivity contribution < 1.29 is 9.18 Å². The summed E-state index contributed by atoms with van der Waals surface area (Å²) in [6.07, 6.45) is 0.745. The van der Waals surface area contributed by atoms with Gasteiger partial charge in [-0.1, -0.05) is 13.0 Å². The second kappa shape index (κ2) is 6.05. The summed E-state index contributed by atoms with van der Waals surface area (Å²) in [5.74, 6) is -0.948.